The van der Waals surface area contributed by atoms with E-state index in [-0.39, 0.29) is 0 Å². The minimum Gasteiger partial charge on any atom is -0.370 e. The Balaban J connectivity index is 2.30. The summed E-state index contributed by atoms with van der Waals surface area (Å²) in [7, 11) is 0. The zero-order valence-electron chi connectivity index (χ0n) is 12.5. The molecule has 0 unspecified atom stereocenters. The summed E-state index contributed by atoms with van der Waals surface area (Å²) in [6.07, 6.45) is 5.73. The second kappa shape index (κ2) is 6.73. The van der Waals surface area contributed by atoms with Crippen LogP contribution in [-0.2, 0) is 6.42 Å². The van der Waals surface area contributed by atoms with Crippen molar-refractivity contribution in [1.29, 1.82) is 0 Å². The highest BCUT2D eigenvalue weighted by molar-refractivity contribution is 5.59. The Bertz CT molecular complexity index is 411. The molecular formula is C15H26N4. The SMILES string of the molecule is CCCNc1nc(CCC)nc(N2CCCC2)c1C. The van der Waals surface area contributed by atoms with E-state index in [0.29, 0.717) is 0 Å². The molecule has 2 rings (SSSR count). The molecule has 4 nitrogen and oxygen atoms in total. The summed E-state index contributed by atoms with van der Waals surface area (Å²) in [4.78, 5) is 11.9. The van der Waals surface area contributed by atoms with Crippen molar-refractivity contribution in [2.45, 2.75) is 52.9 Å². The van der Waals surface area contributed by atoms with Gasteiger partial charge in [-0.1, -0.05) is 13.8 Å². The van der Waals surface area contributed by atoms with Gasteiger partial charge in [-0.25, -0.2) is 9.97 Å². The molecule has 1 aliphatic rings. The second-order valence-electron chi connectivity index (χ2n) is 5.31. The van der Waals surface area contributed by atoms with Crippen molar-refractivity contribution < 1.29 is 0 Å². The van der Waals surface area contributed by atoms with E-state index in [2.05, 4.69) is 36.0 Å². The fourth-order valence-electron chi connectivity index (χ4n) is 2.54. The Labute approximate surface area is 116 Å². The van der Waals surface area contributed by atoms with Gasteiger partial charge in [-0.15, -0.1) is 0 Å². The summed E-state index contributed by atoms with van der Waals surface area (Å²) in [6, 6.07) is 0. The number of aryl methyl sites for hydroxylation is 1. The van der Waals surface area contributed by atoms with E-state index < -0.39 is 0 Å². The Morgan fingerprint density at radius 3 is 2.47 bits per heavy atom. The second-order valence-corrected chi connectivity index (χ2v) is 5.31. The Morgan fingerprint density at radius 2 is 1.84 bits per heavy atom. The third kappa shape index (κ3) is 3.37. The van der Waals surface area contributed by atoms with Crippen molar-refractivity contribution in [2.24, 2.45) is 0 Å². The number of hydrogen-bond donors (Lipinski definition) is 1. The predicted molar refractivity (Wildman–Crippen MR) is 81.0 cm³/mol. The van der Waals surface area contributed by atoms with Gasteiger partial charge in [-0.05, 0) is 32.6 Å². The van der Waals surface area contributed by atoms with Crippen molar-refractivity contribution in [1.82, 2.24) is 9.97 Å². The van der Waals surface area contributed by atoms with E-state index in [1.807, 2.05) is 0 Å². The van der Waals surface area contributed by atoms with Crippen LogP contribution in [0.15, 0.2) is 0 Å². The van der Waals surface area contributed by atoms with E-state index in [0.717, 1.165) is 56.4 Å². The molecule has 0 spiro atoms. The molecule has 1 saturated heterocycles. The molecule has 0 aromatic carbocycles. The fraction of sp³-hybridized carbons (Fsp3) is 0.733. The first-order valence-electron chi connectivity index (χ1n) is 7.62. The molecule has 0 aliphatic carbocycles. The van der Waals surface area contributed by atoms with E-state index in [1.54, 1.807) is 0 Å². The smallest absolute Gasteiger partial charge is 0.137 e. The molecule has 106 valence electrons. The van der Waals surface area contributed by atoms with Crippen LogP contribution in [0.2, 0.25) is 0 Å². The van der Waals surface area contributed by atoms with Crippen LogP contribution in [0.3, 0.4) is 0 Å². The van der Waals surface area contributed by atoms with Gasteiger partial charge in [0.2, 0.25) is 0 Å². The third-order valence-electron chi connectivity index (χ3n) is 3.59. The van der Waals surface area contributed by atoms with Gasteiger partial charge < -0.3 is 10.2 Å². The van der Waals surface area contributed by atoms with Gasteiger partial charge in [-0.3, -0.25) is 0 Å². The van der Waals surface area contributed by atoms with Gasteiger partial charge in [0, 0.05) is 31.6 Å². The van der Waals surface area contributed by atoms with Gasteiger partial charge in [0.15, 0.2) is 0 Å². The normalized spacial score (nSPS) is 15.0. The molecule has 2 heterocycles. The van der Waals surface area contributed by atoms with Crippen LogP contribution in [0, 0.1) is 6.92 Å². The molecule has 19 heavy (non-hydrogen) atoms. The molecule has 0 bridgehead atoms. The molecule has 1 aromatic rings. The molecule has 0 amide bonds. The molecule has 4 heteroatoms. The van der Waals surface area contributed by atoms with Crippen molar-refractivity contribution >= 4 is 11.6 Å². The average molecular weight is 262 g/mol. The lowest BCUT2D eigenvalue weighted by molar-refractivity contribution is 0.810. The number of nitrogens with zero attached hydrogens (tertiary/aromatic N) is 3. The monoisotopic (exact) mass is 262 g/mol. The van der Waals surface area contributed by atoms with Gasteiger partial charge in [0.1, 0.15) is 17.5 Å². The number of aromatic nitrogens is 2. The molecular weight excluding hydrogens is 236 g/mol. The van der Waals surface area contributed by atoms with Gasteiger partial charge in [0.05, 0.1) is 0 Å². The van der Waals surface area contributed by atoms with Crippen LogP contribution >= 0.6 is 0 Å². The van der Waals surface area contributed by atoms with Gasteiger partial charge in [-0.2, -0.15) is 0 Å². The maximum Gasteiger partial charge on any atom is 0.137 e. The standard InChI is InChI=1S/C15H26N4/c1-4-8-13-17-14(16-9-5-2)12(3)15(18-13)19-10-6-7-11-19/h4-11H2,1-3H3,(H,16,17,18). The van der Waals surface area contributed by atoms with Crippen LogP contribution in [0.5, 0.6) is 0 Å². The van der Waals surface area contributed by atoms with E-state index in [4.69, 9.17) is 4.98 Å². The molecule has 1 aromatic heterocycles. The minimum absolute atomic E-state index is 0.960. The van der Waals surface area contributed by atoms with E-state index in [9.17, 15) is 0 Å². The summed E-state index contributed by atoms with van der Waals surface area (Å²) >= 11 is 0. The Kier molecular flexibility index (Phi) is 5.00. The molecule has 1 fully saturated rings. The van der Waals surface area contributed by atoms with Crippen LogP contribution in [-0.4, -0.2) is 29.6 Å². The lowest BCUT2D eigenvalue weighted by Gasteiger charge is -2.21. The van der Waals surface area contributed by atoms with Crippen LogP contribution < -0.4 is 10.2 Å². The number of anilines is 2. The topological polar surface area (TPSA) is 41.1 Å². The first-order valence-corrected chi connectivity index (χ1v) is 7.62. The van der Waals surface area contributed by atoms with E-state index >= 15 is 0 Å². The van der Waals surface area contributed by atoms with Crippen LogP contribution in [0.25, 0.3) is 0 Å². The summed E-state index contributed by atoms with van der Waals surface area (Å²) in [5.74, 6) is 3.16. The largest absolute Gasteiger partial charge is 0.370 e. The van der Waals surface area contributed by atoms with E-state index in [1.165, 1.54) is 18.4 Å². The maximum atomic E-state index is 4.79. The predicted octanol–water partition coefficient (Wildman–Crippen LogP) is 3.16. The summed E-state index contributed by atoms with van der Waals surface area (Å²) in [6.45, 7) is 9.74. The van der Waals surface area contributed by atoms with Crippen molar-refractivity contribution in [3.05, 3.63) is 11.4 Å². The Hall–Kier alpha value is -1.32. The molecule has 0 saturated carbocycles. The van der Waals surface area contributed by atoms with Gasteiger partial charge in [0.25, 0.3) is 0 Å². The lowest BCUT2D eigenvalue weighted by atomic mass is 10.2. The highest BCUT2D eigenvalue weighted by atomic mass is 15.2. The quantitative estimate of drug-likeness (QED) is 0.855. The molecule has 1 aliphatic heterocycles. The summed E-state index contributed by atoms with van der Waals surface area (Å²) in [5, 5.41) is 3.45. The molecule has 0 radical (unpaired) electrons. The average Bonchev–Trinajstić information content (AvgIpc) is 2.93. The summed E-state index contributed by atoms with van der Waals surface area (Å²) < 4.78 is 0. The van der Waals surface area contributed by atoms with Crippen molar-refractivity contribution in [3.8, 4) is 0 Å². The number of hydrogen-bond acceptors (Lipinski definition) is 4. The first kappa shape index (κ1) is 14.1. The zero-order chi connectivity index (χ0) is 13.7. The maximum absolute atomic E-state index is 4.79. The van der Waals surface area contributed by atoms with Crippen LogP contribution in [0.1, 0.15) is 50.9 Å². The highest BCUT2D eigenvalue weighted by Crippen LogP contribution is 2.26. The third-order valence-corrected chi connectivity index (χ3v) is 3.59. The van der Waals surface area contributed by atoms with Crippen LogP contribution in [0.4, 0.5) is 11.6 Å². The number of nitrogens with one attached hydrogen (secondary N) is 1. The van der Waals surface area contributed by atoms with Gasteiger partial charge >= 0.3 is 0 Å². The fourth-order valence-corrected chi connectivity index (χ4v) is 2.54. The van der Waals surface area contributed by atoms with Crippen molar-refractivity contribution in [3.63, 3.8) is 0 Å². The highest BCUT2D eigenvalue weighted by Gasteiger charge is 2.19. The summed E-state index contributed by atoms with van der Waals surface area (Å²) in [5.41, 5.74) is 1.20. The molecule has 0 atom stereocenters. The first-order chi connectivity index (χ1) is 9.26. The lowest BCUT2D eigenvalue weighted by Crippen LogP contribution is -2.22. The molecule has 1 N–H and O–H groups in total. The minimum atomic E-state index is 0.960. The van der Waals surface area contributed by atoms with Crippen molar-refractivity contribution in [2.75, 3.05) is 29.9 Å². The number of rotatable bonds is 6. The Morgan fingerprint density at radius 1 is 1.11 bits per heavy atom. The zero-order valence-corrected chi connectivity index (χ0v) is 12.5.